The SMILES string of the molecule is CCCNC(=NC)N(C)C.I. The largest absolute Gasteiger partial charge is 0.356 e. The van der Waals surface area contributed by atoms with Gasteiger partial charge in [-0.3, -0.25) is 4.99 Å². The normalized spacial score (nSPS) is 10.4. The van der Waals surface area contributed by atoms with E-state index in [0.29, 0.717) is 0 Å². The quantitative estimate of drug-likeness (QED) is 0.463. The van der Waals surface area contributed by atoms with Crippen LogP contribution in [0.2, 0.25) is 0 Å². The fourth-order valence-corrected chi connectivity index (χ4v) is 0.674. The van der Waals surface area contributed by atoms with E-state index in [1.54, 1.807) is 7.05 Å². The lowest BCUT2D eigenvalue weighted by Crippen LogP contribution is -2.36. The molecule has 0 rings (SSSR count). The highest BCUT2D eigenvalue weighted by atomic mass is 127. The van der Waals surface area contributed by atoms with E-state index in [2.05, 4.69) is 17.2 Å². The minimum absolute atomic E-state index is 0. The van der Waals surface area contributed by atoms with Crippen LogP contribution in [-0.2, 0) is 0 Å². The van der Waals surface area contributed by atoms with E-state index >= 15 is 0 Å². The molecule has 0 aromatic carbocycles. The lowest BCUT2D eigenvalue weighted by atomic mass is 10.5. The first-order valence-corrected chi connectivity index (χ1v) is 3.60. The molecule has 1 N–H and O–H groups in total. The van der Waals surface area contributed by atoms with Gasteiger partial charge in [-0.1, -0.05) is 6.92 Å². The van der Waals surface area contributed by atoms with E-state index < -0.39 is 0 Å². The molecule has 0 aliphatic carbocycles. The first-order chi connectivity index (χ1) is 4.72. The maximum Gasteiger partial charge on any atom is 0.193 e. The molecule has 0 spiro atoms. The summed E-state index contributed by atoms with van der Waals surface area (Å²) in [5.74, 6) is 0.946. The van der Waals surface area contributed by atoms with Crippen molar-refractivity contribution >= 4 is 29.9 Å². The average Bonchev–Trinajstić information content (AvgIpc) is 1.89. The Balaban J connectivity index is 0. The molecule has 0 aliphatic rings. The number of rotatable bonds is 2. The Hall–Kier alpha value is 0. The van der Waals surface area contributed by atoms with Crippen molar-refractivity contribution in [3.05, 3.63) is 0 Å². The van der Waals surface area contributed by atoms with Crippen LogP contribution < -0.4 is 5.32 Å². The van der Waals surface area contributed by atoms with E-state index in [9.17, 15) is 0 Å². The molecule has 68 valence electrons. The predicted molar refractivity (Wildman–Crippen MR) is 60.8 cm³/mol. The molecule has 0 aromatic rings. The Labute approximate surface area is 86.3 Å². The van der Waals surface area contributed by atoms with Crippen LogP contribution in [-0.4, -0.2) is 38.5 Å². The molecule has 0 bridgehead atoms. The minimum atomic E-state index is 0. The molecule has 0 saturated carbocycles. The first kappa shape index (κ1) is 13.6. The zero-order chi connectivity index (χ0) is 7.98. The van der Waals surface area contributed by atoms with Crippen LogP contribution in [0, 0.1) is 0 Å². The van der Waals surface area contributed by atoms with Crippen LogP contribution in [0.1, 0.15) is 13.3 Å². The van der Waals surface area contributed by atoms with Gasteiger partial charge in [0, 0.05) is 27.7 Å². The molecular weight excluding hydrogens is 253 g/mol. The standard InChI is InChI=1S/C7H17N3.HI/c1-5-6-9-7(8-2)10(3)4;/h5-6H2,1-4H3,(H,8,9);1H. The summed E-state index contributed by atoms with van der Waals surface area (Å²) in [6.07, 6.45) is 1.13. The second kappa shape index (κ2) is 8.10. The number of nitrogens with one attached hydrogen (secondary N) is 1. The van der Waals surface area contributed by atoms with Crippen LogP contribution in [0.15, 0.2) is 4.99 Å². The van der Waals surface area contributed by atoms with Crippen molar-refractivity contribution in [2.45, 2.75) is 13.3 Å². The van der Waals surface area contributed by atoms with Gasteiger partial charge in [-0.25, -0.2) is 0 Å². The summed E-state index contributed by atoms with van der Waals surface area (Å²) in [7, 11) is 5.74. The fraction of sp³-hybridized carbons (Fsp3) is 0.857. The Morgan fingerprint density at radius 1 is 1.45 bits per heavy atom. The number of aliphatic imine (C=N–C) groups is 1. The number of nitrogens with zero attached hydrogens (tertiary/aromatic N) is 2. The zero-order valence-corrected chi connectivity index (χ0v) is 10.0. The molecule has 0 radical (unpaired) electrons. The third-order valence-electron chi connectivity index (χ3n) is 1.17. The number of hydrogen-bond acceptors (Lipinski definition) is 1. The van der Waals surface area contributed by atoms with Crippen molar-refractivity contribution in [3.63, 3.8) is 0 Å². The molecule has 0 saturated heterocycles. The van der Waals surface area contributed by atoms with E-state index in [-0.39, 0.29) is 24.0 Å². The topological polar surface area (TPSA) is 27.6 Å². The second-order valence-electron chi connectivity index (χ2n) is 2.37. The Morgan fingerprint density at radius 2 is 2.00 bits per heavy atom. The lowest BCUT2D eigenvalue weighted by Gasteiger charge is -2.15. The summed E-state index contributed by atoms with van der Waals surface area (Å²) in [6, 6.07) is 0. The smallest absolute Gasteiger partial charge is 0.193 e. The molecule has 0 fully saturated rings. The second-order valence-corrected chi connectivity index (χ2v) is 2.37. The van der Waals surface area contributed by atoms with E-state index in [0.717, 1.165) is 18.9 Å². The average molecular weight is 271 g/mol. The third-order valence-corrected chi connectivity index (χ3v) is 1.17. The van der Waals surface area contributed by atoms with E-state index in [1.165, 1.54) is 0 Å². The van der Waals surface area contributed by atoms with Crippen LogP contribution >= 0.6 is 24.0 Å². The van der Waals surface area contributed by atoms with Crippen molar-refractivity contribution in [2.24, 2.45) is 4.99 Å². The highest BCUT2D eigenvalue weighted by molar-refractivity contribution is 14.0. The maximum absolute atomic E-state index is 4.06. The van der Waals surface area contributed by atoms with Crippen LogP contribution in [0.4, 0.5) is 0 Å². The van der Waals surface area contributed by atoms with Gasteiger partial charge in [0.15, 0.2) is 5.96 Å². The molecule has 0 amide bonds. The fourth-order valence-electron chi connectivity index (χ4n) is 0.674. The lowest BCUT2D eigenvalue weighted by molar-refractivity contribution is 0.582. The molecule has 0 heterocycles. The number of halogens is 1. The van der Waals surface area contributed by atoms with Crippen molar-refractivity contribution in [3.8, 4) is 0 Å². The predicted octanol–water partition coefficient (Wildman–Crippen LogP) is 1.15. The van der Waals surface area contributed by atoms with Crippen molar-refractivity contribution in [1.29, 1.82) is 0 Å². The minimum Gasteiger partial charge on any atom is -0.356 e. The maximum atomic E-state index is 4.06. The molecule has 11 heavy (non-hydrogen) atoms. The first-order valence-electron chi connectivity index (χ1n) is 3.60. The monoisotopic (exact) mass is 271 g/mol. The summed E-state index contributed by atoms with van der Waals surface area (Å²) in [5.41, 5.74) is 0. The molecular formula is C7H18IN3. The van der Waals surface area contributed by atoms with Crippen LogP contribution in [0.5, 0.6) is 0 Å². The summed E-state index contributed by atoms with van der Waals surface area (Å²) in [4.78, 5) is 6.02. The van der Waals surface area contributed by atoms with Gasteiger partial charge in [-0.2, -0.15) is 0 Å². The zero-order valence-electron chi connectivity index (χ0n) is 7.72. The molecule has 0 atom stereocenters. The summed E-state index contributed by atoms with van der Waals surface area (Å²) >= 11 is 0. The van der Waals surface area contributed by atoms with E-state index in [1.807, 2.05) is 19.0 Å². The van der Waals surface area contributed by atoms with E-state index in [4.69, 9.17) is 0 Å². The molecule has 0 unspecified atom stereocenters. The summed E-state index contributed by atoms with van der Waals surface area (Å²) in [5, 5.41) is 3.19. The third kappa shape index (κ3) is 6.40. The van der Waals surface area contributed by atoms with Crippen molar-refractivity contribution in [1.82, 2.24) is 10.2 Å². The molecule has 3 nitrogen and oxygen atoms in total. The Bertz CT molecular complexity index is 112. The summed E-state index contributed by atoms with van der Waals surface area (Å²) < 4.78 is 0. The Morgan fingerprint density at radius 3 is 2.27 bits per heavy atom. The highest BCUT2D eigenvalue weighted by Crippen LogP contribution is 1.78. The van der Waals surface area contributed by atoms with Gasteiger partial charge in [-0.05, 0) is 6.42 Å². The van der Waals surface area contributed by atoms with Crippen molar-refractivity contribution < 1.29 is 0 Å². The Kier molecular flexibility index (Phi) is 10.0. The van der Waals surface area contributed by atoms with Gasteiger partial charge < -0.3 is 10.2 Å². The molecule has 0 aromatic heterocycles. The van der Waals surface area contributed by atoms with Gasteiger partial charge in [0.25, 0.3) is 0 Å². The number of hydrogen-bond donors (Lipinski definition) is 1. The highest BCUT2D eigenvalue weighted by Gasteiger charge is 1.95. The van der Waals surface area contributed by atoms with Crippen LogP contribution in [0.25, 0.3) is 0 Å². The van der Waals surface area contributed by atoms with Gasteiger partial charge >= 0.3 is 0 Å². The van der Waals surface area contributed by atoms with Crippen LogP contribution in [0.3, 0.4) is 0 Å². The summed E-state index contributed by atoms with van der Waals surface area (Å²) in [6.45, 7) is 3.13. The number of guanidine groups is 1. The van der Waals surface area contributed by atoms with Gasteiger partial charge in [0.1, 0.15) is 0 Å². The molecule has 0 aliphatic heterocycles. The molecule has 4 heteroatoms. The van der Waals surface area contributed by atoms with Gasteiger partial charge in [-0.15, -0.1) is 24.0 Å². The van der Waals surface area contributed by atoms with Gasteiger partial charge in [0.05, 0.1) is 0 Å². The van der Waals surface area contributed by atoms with Gasteiger partial charge in [0.2, 0.25) is 0 Å². The van der Waals surface area contributed by atoms with Crippen molar-refractivity contribution in [2.75, 3.05) is 27.7 Å².